The Labute approximate surface area is 182 Å². The molecule has 4 aliphatic rings. The molecular weight excluding hydrogens is 376 g/mol. The molecule has 30 heavy (non-hydrogen) atoms. The first-order valence-electron chi connectivity index (χ1n) is 12.5. The number of hydrogen-bond donors (Lipinski definition) is 1. The van der Waals surface area contributed by atoms with Crippen LogP contribution in [0.15, 0.2) is 0 Å². The Hall–Kier alpha value is -1.06. The number of esters is 1. The molecule has 4 nitrogen and oxygen atoms in total. The highest BCUT2D eigenvalue weighted by molar-refractivity contribution is 5.66. The van der Waals surface area contributed by atoms with Crippen LogP contribution in [0.3, 0.4) is 0 Å². The molecule has 0 aromatic heterocycles. The van der Waals surface area contributed by atoms with Gasteiger partial charge in [0.2, 0.25) is 0 Å². The van der Waals surface area contributed by atoms with Gasteiger partial charge in [-0.05, 0) is 111 Å². The molecule has 0 amide bonds. The molecule has 4 heteroatoms. The van der Waals surface area contributed by atoms with E-state index in [1.165, 1.54) is 44.9 Å². The maximum Gasteiger partial charge on any atom is 0.303 e. The highest BCUT2D eigenvalue weighted by Crippen LogP contribution is 2.68. The summed E-state index contributed by atoms with van der Waals surface area (Å²) in [5.41, 5.74) is 0.811. The van der Waals surface area contributed by atoms with Crippen LogP contribution in [0.5, 0.6) is 0 Å². The van der Waals surface area contributed by atoms with E-state index >= 15 is 0 Å². The molecule has 0 bridgehead atoms. The largest absolute Gasteiger partial charge is 0.481 e. The van der Waals surface area contributed by atoms with E-state index in [1.54, 1.807) is 6.92 Å². The van der Waals surface area contributed by atoms with Gasteiger partial charge in [-0.1, -0.05) is 20.8 Å². The third-order valence-corrected chi connectivity index (χ3v) is 10.5. The van der Waals surface area contributed by atoms with Gasteiger partial charge in [-0.3, -0.25) is 9.59 Å². The number of carbonyl (C=O) groups excluding carboxylic acids is 1. The molecule has 0 aromatic carbocycles. The Morgan fingerprint density at radius 1 is 1.00 bits per heavy atom. The lowest BCUT2D eigenvalue weighted by molar-refractivity contribution is -0.160. The molecule has 170 valence electrons. The number of ether oxygens (including phenoxy) is 1. The first kappa shape index (κ1) is 22.1. The molecule has 4 fully saturated rings. The SMILES string of the molecule is CC(=O)O[C@@H]1CC[C@]2(C)C3CC[C@]4(C)[C@@H]([C@H](C)CCC(=O)O)CC[C@H]4[C@@H]3CC[C@@H]2C1. The van der Waals surface area contributed by atoms with Crippen LogP contribution < -0.4 is 0 Å². The van der Waals surface area contributed by atoms with Crippen molar-refractivity contribution < 1.29 is 19.4 Å². The van der Waals surface area contributed by atoms with Crippen molar-refractivity contribution in [2.24, 2.45) is 46.3 Å². The molecule has 0 spiro atoms. The Balaban J connectivity index is 1.47. The number of carbonyl (C=O) groups is 2. The van der Waals surface area contributed by atoms with E-state index in [4.69, 9.17) is 9.84 Å². The van der Waals surface area contributed by atoms with E-state index in [-0.39, 0.29) is 12.1 Å². The molecule has 0 saturated heterocycles. The summed E-state index contributed by atoms with van der Waals surface area (Å²) in [7, 11) is 0. The van der Waals surface area contributed by atoms with Gasteiger partial charge in [0.05, 0.1) is 0 Å². The average molecular weight is 419 g/mol. The summed E-state index contributed by atoms with van der Waals surface area (Å²) >= 11 is 0. The van der Waals surface area contributed by atoms with E-state index < -0.39 is 5.97 Å². The Kier molecular flexibility index (Phi) is 6.00. The quantitative estimate of drug-likeness (QED) is 0.550. The van der Waals surface area contributed by atoms with Crippen LogP contribution in [0.2, 0.25) is 0 Å². The summed E-state index contributed by atoms with van der Waals surface area (Å²) in [6.45, 7) is 8.96. The molecule has 0 aromatic rings. The third kappa shape index (κ3) is 3.71. The fourth-order valence-corrected chi connectivity index (χ4v) is 9.09. The second-order valence-corrected chi connectivity index (χ2v) is 11.8. The minimum Gasteiger partial charge on any atom is -0.481 e. The van der Waals surface area contributed by atoms with E-state index in [0.29, 0.717) is 35.0 Å². The van der Waals surface area contributed by atoms with Gasteiger partial charge in [-0.15, -0.1) is 0 Å². The number of carboxylic acid groups (broad SMARTS) is 1. The first-order valence-corrected chi connectivity index (χ1v) is 12.5. The van der Waals surface area contributed by atoms with Crippen molar-refractivity contribution in [3.63, 3.8) is 0 Å². The fraction of sp³-hybridized carbons (Fsp3) is 0.923. The third-order valence-electron chi connectivity index (χ3n) is 10.5. The summed E-state index contributed by atoms with van der Waals surface area (Å²) in [6.07, 6.45) is 12.5. The monoisotopic (exact) mass is 418 g/mol. The Morgan fingerprint density at radius 2 is 1.70 bits per heavy atom. The Morgan fingerprint density at radius 3 is 2.40 bits per heavy atom. The lowest BCUT2D eigenvalue weighted by Crippen LogP contribution is -2.54. The minimum absolute atomic E-state index is 0.125. The van der Waals surface area contributed by atoms with Gasteiger partial charge in [-0.2, -0.15) is 0 Å². The van der Waals surface area contributed by atoms with E-state index in [2.05, 4.69) is 20.8 Å². The van der Waals surface area contributed by atoms with Crippen LogP contribution in [-0.4, -0.2) is 23.1 Å². The minimum atomic E-state index is -0.652. The maximum absolute atomic E-state index is 11.5. The van der Waals surface area contributed by atoms with Crippen molar-refractivity contribution >= 4 is 11.9 Å². The molecule has 1 unspecified atom stereocenters. The summed E-state index contributed by atoms with van der Waals surface area (Å²) in [4.78, 5) is 22.5. The smallest absolute Gasteiger partial charge is 0.303 e. The van der Waals surface area contributed by atoms with Crippen LogP contribution in [0, 0.1) is 46.3 Å². The molecule has 9 atom stereocenters. The zero-order chi connectivity index (χ0) is 21.7. The van der Waals surface area contributed by atoms with Crippen LogP contribution >= 0.6 is 0 Å². The maximum atomic E-state index is 11.5. The fourth-order valence-electron chi connectivity index (χ4n) is 9.09. The molecule has 0 radical (unpaired) electrons. The number of carboxylic acids is 1. The van der Waals surface area contributed by atoms with Crippen molar-refractivity contribution in [1.29, 1.82) is 0 Å². The number of fused-ring (bicyclic) bond motifs is 5. The van der Waals surface area contributed by atoms with E-state index in [9.17, 15) is 9.59 Å². The molecule has 4 aliphatic carbocycles. The van der Waals surface area contributed by atoms with Crippen LogP contribution in [-0.2, 0) is 14.3 Å². The molecule has 0 heterocycles. The predicted octanol–water partition coefficient (Wildman–Crippen LogP) is 6.08. The van der Waals surface area contributed by atoms with Gasteiger partial charge in [-0.25, -0.2) is 0 Å². The summed E-state index contributed by atoms with van der Waals surface area (Å²) in [5, 5.41) is 9.13. The number of aliphatic carboxylic acids is 1. The van der Waals surface area contributed by atoms with Crippen LogP contribution in [0.1, 0.15) is 98.3 Å². The lowest BCUT2D eigenvalue weighted by atomic mass is 9.44. The standard InChI is InChI=1S/C26H42O4/c1-16(5-10-24(28)29)21-8-9-22-20-7-6-18-15-19(30-17(2)27)11-13-25(18,3)23(20)12-14-26(21,22)4/h16,18-23H,5-15H2,1-4H3,(H,28,29)/t16-,18-,19-,20+,21-,22+,23?,25+,26-/m1/s1. The van der Waals surface area contributed by atoms with Crippen molar-refractivity contribution in [3.05, 3.63) is 0 Å². The first-order chi connectivity index (χ1) is 14.1. The van der Waals surface area contributed by atoms with Crippen molar-refractivity contribution in [2.75, 3.05) is 0 Å². The summed E-state index contributed by atoms with van der Waals surface area (Å²) < 4.78 is 5.61. The second-order valence-electron chi connectivity index (χ2n) is 11.8. The zero-order valence-electron chi connectivity index (χ0n) is 19.5. The van der Waals surface area contributed by atoms with Gasteiger partial charge >= 0.3 is 11.9 Å². The van der Waals surface area contributed by atoms with Crippen molar-refractivity contribution in [3.8, 4) is 0 Å². The summed E-state index contributed by atoms with van der Waals surface area (Å²) in [6, 6.07) is 0. The number of rotatable bonds is 5. The van der Waals surface area contributed by atoms with E-state index in [0.717, 1.165) is 37.0 Å². The second kappa shape index (κ2) is 8.13. The van der Waals surface area contributed by atoms with Crippen LogP contribution in [0.25, 0.3) is 0 Å². The van der Waals surface area contributed by atoms with Gasteiger partial charge < -0.3 is 9.84 Å². The molecule has 0 aliphatic heterocycles. The predicted molar refractivity (Wildman–Crippen MR) is 117 cm³/mol. The molecular formula is C26H42O4. The normalized spacial score (nSPS) is 46.3. The topological polar surface area (TPSA) is 63.6 Å². The summed E-state index contributed by atoms with van der Waals surface area (Å²) in [5.74, 6) is 3.60. The average Bonchev–Trinajstić information content (AvgIpc) is 3.03. The lowest BCUT2D eigenvalue weighted by Gasteiger charge is -2.61. The zero-order valence-corrected chi connectivity index (χ0v) is 19.5. The molecule has 4 saturated carbocycles. The van der Waals surface area contributed by atoms with Gasteiger partial charge in [0, 0.05) is 13.3 Å². The molecule has 4 rings (SSSR count). The van der Waals surface area contributed by atoms with Crippen molar-refractivity contribution in [1.82, 2.24) is 0 Å². The highest BCUT2D eigenvalue weighted by atomic mass is 16.5. The molecule has 1 N–H and O–H groups in total. The van der Waals surface area contributed by atoms with Gasteiger partial charge in [0.25, 0.3) is 0 Å². The number of hydrogen-bond acceptors (Lipinski definition) is 3. The Bertz CT molecular complexity index is 674. The van der Waals surface area contributed by atoms with Gasteiger partial charge in [0.15, 0.2) is 0 Å². The van der Waals surface area contributed by atoms with Crippen molar-refractivity contribution in [2.45, 2.75) is 104 Å². The van der Waals surface area contributed by atoms with E-state index in [1.807, 2.05) is 0 Å². The highest BCUT2D eigenvalue weighted by Gasteiger charge is 2.60. The van der Waals surface area contributed by atoms with Crippen LogP contribution in [0.4, 0.5) is 0 Å². The van der Waals surface area contributed by atoms with Gasteiger partial charge in [0.1, 0.15) is 6.10 Å².